The molecule has 0 atom stereocenters. The molecule has 0 radical (unpaired) electrons. The Balaban J connectivity index is 2.31. The van der Waals surface area contributed by atoms with Crippen LogP contribution < -0.4 is 0 Å². The normalized spacial score (nSPS) is 10.8. The first-order chi connectivity index (χ1) is 7.86. The van der Waals surface area contributed by atoms with Crippen LogP contribution in [0.25, 0.3) is 16.9 Å². The second-order valence-electron chi connectivity index (χ2n) is 3.42. The largest absolute Gasteiger partial charge is 0.235 e. The maximum Gasteiger partial charge on any atom is 0.154 e. The highest BCUT2D eigenvalue weighted by molar-refractivity contribution is 5.63. The van der Waals surface area contributed by atoms with Gasteiger partial charge in [0.25, 0.3) is 0 Å². The predicted molar refractivity (Wildman–Crippen MR) is 58.4 cm³/mol. The summed E-state index contributed by atoms with van der Waals surface area (Å²) in [6.07, 6.45) is 3.28. The molecule has 4 heteroatoms. The van der Waals surface area contributed by atoms with Gasteiger partial charge in [-0.3, -0.25) is 0 Å². The third-order valence-electron chi connectivity index (χ3n) is 2.43. The first-order valence-electron chi connectivity index (χ1n) is 4.90. The Kier molecular flexibility index (Phi) is 1.93. The lowest BCUT2D eigenvalue weighted by Gasteiger charge is -2.01. The molecule has 2 heterocycles. The van der Waals surface area contributed by atoms with Gasteiger partial charge in [0.15, 0.2) is 5.65 Å². The van der Waals surface area contributed by atoms with E-state index >= 15 is 0 Å². The molecule has 0 spiro atoms. The lowest BCUT2D eigenvalue weighted by molar-refractivity contribution is 0.630. The minimum atomic E-state index is -0.269. The molecule has 78 valence electrons. The molecule has 16 heavy (non-hydrogen) atoms. The summed E-state index contributed by atoms with van der Waals surface area (Å²) >= 11 is 0. The molecular formula is C12H8FN3. The molecule has 0 fully saturated rings. The van der Waals surface area contributed by atoms with Gasteiger partial charge in [-0.25, -0.2) is 13.9 Å². The fourth-order valence-electron chi connectivity index (χ4n) is 1.68. The molecule has 3 rings (SSSR count). The van der Waals surface area contributed by atoms with Gasteiger partial charge in [0, 0.05) is 11.8 Å². The number of imidazole rings is 1. The van der Waals surface area contributed by atoms with Crippen LogP contribution in [0.4, 0.5) is 4.39 Å². The molecule has 1 aromatic carbocycles. The van der Waals surface area contributed by atoms with Crippen molar-refractivity contribution in [2.75, 3.05) is 0 Å². The number of benzene rings is 1. The Morgan fingerprint density at radius 3 is 2.81 bits per heavy atom. The maximum absolute atomic E-state index is 13.6. The summed E-state index contributed by atoms with van der Waals surface area (Å²) in [6, 6.07) is 10.2. The van der Waals surface area contributed by atoms with E-state index in [1.165, 1.54) is 6.07 Å². The third kappa shape index (κ3) is 1.27. The summed E-state index contributed by atoms with van der Waals surface area (Å²) in [5.41, 5.74) is 1.88. The van der Waals surface area contributed by atoms with Crippen molar-refractivity contribution in [3.63, 3.8) is 0 Å². The van der Waals surface area contributed by atoms with Crippen molar-refractivity contribution in [3.8, 4) is 11.3 Å². The highest BCUT2D eigenvalue weighted by Gasteiger charge is 2.09. The average Bonchev–Trinajstić information content (AvgIpc) is 2.74. The van der Waals surface area contributed by atoms with Crippen molar-refractivity contribution in [2.24, 2.45) is 0 Å². The number of hydrogen-bond acceptors (Lipinski definition) is 2. The fourth-order valence-corrected chi connectivity index (χ4v) is 1.68. The molecule has 0 aliphatic carbocycles. The van der Waals surface area contributed by atoms with Gasteiger partial charge in [-0.15, -0.1) is 0 Å². The van der Waals surface area contributed by atoms with Crippen LogP contribution >= 0.6 is 0 Å². The van der Waals surface area contributed by atoms with Crippen molar-refractivity contribution in [3.05, 3.63) is 54.6 Å². The number of hydrogen-bond donors (Lipinski definition) is 0. The molecule has 2 aromatic heterocycles. The SMILES string of the molecule is Fc1ccccc1-c1cnc2cccnn12. The lowest BCUT2D eigenvalue weighted by atomic mass is 10.1. The highest BCUT2D eigenvalue weighted by atomic mass is 19.1. The van der Waals surface area contributed by atoms with Crippen LogP contribution in [0.15, 0.2) is 48.8 Å². The molecule has 0 amide bonds. The second kappa shape index (κ2) is 3.41. The molecule has 0 bridgehead atoms. The Labute approximate surface area is 91.2 Å². The first kappa shape index (κ1) is 9.03. The number of aromatic nitrogens is 3. The van der Waals surface area contributed by atoms with Crippen LogP contribution in [-0.4, -0.2) is 14.6 Å². The van der Waals surface area contributed by atoms with Crippen molar-refractivity contribution < 1.29 is 4.39 Å². The summed E-state index contributed by atoms with van der Waals surface area (Å²) in [6.45, 7) is 0. The molecule has 0 aliphatic rings. The van der Waals surface area contributed by atoms with Crippen LogP contribution in [-0.2, 0) is 0 Å². The zero-order valence-corrected chi connectivity index (χ0v) is 8.34. The predicted octanol–water partition coefficient (Wildman–Crippen LogP) is 2.54. The molecule has 0 unspecified atom stereocenters. The van der Waals surface area contributed by atoms with E-state index in [0.29, 0.717) is 16.9 Å². The van der Waals surface area contributed by atoms with Crippen LogP contribution in [0.3, 0.4) is 0 Å². The number of halogens is 1. The smallest absolute Gasteiger partial charge is 0.154 e. The van der Waals surface area contributed by atoms with E-state index in [9.17, 15) is 4.39 Å². The van der Waals surface area contributed by atoms with Gasteiger partial charge in [0.05, 0.1) is 11.9 Å². The Hall–Kier alpha value is -2.23. The topological polar surface area (TPSA) is 30.2 Å². The van der Waals surface area contributed by atoms with E-state index < -0.39 is 0 Å². The van der Waals surface area contributed by atoms with Gasteiger partial charge in [0.2, 0.25) is 0 Å². The van der Waals surface area contributed by atoms with Crippen LogP contribution in [0.2, 0.25) is 0 Å². The van der Waals surface area contributed by atoms with Gasteiger partial charge >= 0.3 is 0 Å². The number of rotatable bonds is 1. The number of fused-ring (bicyclic) bond motifs is 1. The Morgan fingerprint density at radius 2 is 1.94 bits per heavy atom. The first-order valence-corrected chi connectivity index (χ1v) is 4.90. The van der Waals surface area contributed by atoms with Crippen molar-refractivity contribution >= 4 is 5.65 Å². The monoisotopic (exact) mass is 213 g/mol. The van der Waals surface area contributed by atoms with Gasteiger partial charge in [0.1, 0.15) is 5.82 Å². The molecule has 0 saturated heterocycles. The van der Waals surface area contributed by atoms with Gasteiger partial charge in [-0.2, -0.15) is 5.10 Å². The summed E-state index contributed by atoms with van der Waals surface area (Å²) in [5, 5.41) is 4.15. The maximum atomic E-state index is 13.6. The summed E-state index contributed by atoms with van der Waals surface area (Å²) in [7, 11) is 0. The van der Waals surface area contributed by atoms with Crippen molar-refractivity contribution in [2.45, 2.75) is 0 Å². The summed E-state index contributed by atoms with van der Waals surface area (Å²) in [4.78, 5) is 4.17. The van der Waals surface area contributed by atoms with Gasteiger partial charge in [-0.05, 0) is 24.3 Å². The van der Waals surface area contributed by atoms with Crippen LogP contribution in [0.5, 0.6) is 0 Å². The minimum Gasteiger partial charge on any atom is -0.235 e. The average molecular weight is 213 g/mol. The summed E-state index contributed by atoms with van der Waals surface area (Å²) in [5.74, 6) is -0.269. The quantitative estimate of drug-likeness (QED) is 0.621. The van der Waals surface area contributed by atoms with E-state index in [0.717, 1.165) is 0 Å². The van der Waals surface area contributed by atoms with E-state index in [1.807, 2.05) is 6.07 Å². The minimum absolute atomic E-state index is 0.269. The molecule has 0 aliphatic heterocycles. The molecule has 3 nitrogen and oxygen atoms in total. The molecule has 0 saturated carbocycles. The molecule has 3 aromatic rings. The Bertz CT molecular complexity index is 645. The van der Waals surface area contributed by atoms with Gasteiger partial charge in [-0.1, -0.05) is 12.1 Å². The zero-order chi connectivity index (χ0) is 11.0. The van der Waals surface area contributed by atoms with Crippen LogP contribution in [0, 0.1) is 5.82 Å². The van der Waals surface area contributed by atoms with E-state index in [-0.39, 0.29) is 5.82 Å². The summed E-state index contributed by atoms with van der Waals surface area (Å²) < 4.78 is 15.2. The van der Waals surface area contributed by atoms with Gasteiger partial charge < -0.3 is 0 Å². The highest BCUT2D eigenvalue weighted by Crippen LogP contribution is 2.22. The molecule has 0 N–H and O–H groups in total. The fraction of sp³-hybridized carbons (Fsp3) is 0. The second-order valence-corrected chi connectivity index (χ2v) is 3.42. The third-order valence-corrected chi connectivity index (χ3v) is 2.43. The van der Waals surface area contributed by atoms with E-state index in [2.05, 4.69) is 10.1 Å². The number of nitrogens with zero attached hydrogens (tertiary/aromatic N) is 3. The van der Waals surface area contributed by atoms with Crippen LogP contribution in [0.1, 0.15) is 0 Å². The Morgan fingerprint density at radius 1 is 1.06 bits per heavy atom. The van der Waals surface area contributed by atoms with E-state index in [1.54, 1.807) is 41.2 Å². The van der Waals surface area contributed by atoms with Crippen molar-refractivity contribution in [1.29, 1.82) is 0 Å². The van der Waals surface area contributed by atoms with Crippen molar-refractivity contribution in [1.82, 2.24) is 14.6 Å². The van der Waals surface area contributed by atoms with E-state index in [4.69, 9.17) is 0 Å². The molecular weight excluding hydrogens is 205 g/mol. The lowest BCUT2D eigenvalue weighted by Crippen LogP contribution is -1.94. The standard InChI is InChI=1S/C12H8FN3/c13-10-5-2-1-4-9(10)11-8-14-12-6-3-7-15-16(11)12/h1-8H. The zero-order valence-electron chi connectivity index (χ0n) is 8.34.